The summed E-state index contributed by atoms with van der Waals surface area (Å²) in [7, 11) is 1.62. The summed E-state index contributed by atoms with van der Waals surface area (Å²) in [6.07, 6.45) is 9.12. The number of carbonyl (C=O) groups excluding carboxylic acids is 6. The van der Waals surface area contributed by atoms with Crippen LogP contribution >= 0.6 is 0 Å². The molecule has 2 rings (SSSR count). The number of amides is 6. The minimum Gasteiger partial charge on any atom is -0.375 e. The highest BCUT2D eigenvalue weighted by atomic mass is 16.5. The predicted octanol–water partition coefficient (Wildman–Crippen LogP) is 1.38. The van der Waals surface area contributed by atoms with Crippen molar-refractivity contribution in [3.05, 3.63) is 0 Å². The Bertz CT molecular complexity index is 1100. The van der Waals surface area contributed by atoms with E-state index in [2.05, 4.69) is 28.2 Å². The Morgan fingerprint density at radius 1 is 0.796 bits per heavy atom. The summed E-state index contributed by atoms with van der Waals surface area (Å²) >= 11 is 0. The SMILES string of the molecule is CCCCCC[C@H]1OC[C@@H](C)NC(=O)[C@H](CCC(N)=O)NC(=O)[C@H](CN)NC(=O)[C@H](C2CCCCC2)NC(=O)[C@H](CCC)N(C)C(=O)[C@@H]1C. The number of unbranched alkanes of at least 4 members (excludes halogenated alkanes) is 3. The van der Waals surface area contributed by atoms with Crippen LogP contribution in [0.2, 0.25) is 0 Å². The number of nitrogens with two attached hydrogens (primary N) is 2. The van der Waals surface area contributed by atoms with E-state index in [1.807, 2.05) is 6.92 Å². The molecule has 2 fully saturated rings. The third-order valence-corrected chi connectivity index (χ3v) is 9.80. The molecule has 0 radical (unpaired) electrons. The van der Waals surface area contributed by atoms with E-state index < -0.39 is 71.8 Å². The molecule has 0 aromatic rings. The van der Waals surface area contributed by atoms with Gasteiger partial charge in [0, 0.05) is 26.1 Å². The van der Waals surface area contributed by atoms with Gasteiger partial charge in [-0.25, -0.2) is 0 Å². The summed E-state index contributed by atoms with van der Waals surface area (Å²) in [6, 6.07) is -4.65. The van der Waals surface area contributed by atoms with Gasteiger partial charge in [0.15, 0.2) is 0 Å². The maximum absolute atomic E-state index is 14.0. The van der Waals surface area contributed by atoms with E-state index in [-0.39, 0.29) is 37.8 Å². The van der Waals surface area contributed by atoms with Crippen LogP contribution in [0.3, 0.4) is 0 Å². The summed E-state index contributed by atoms with van der Waals surface area (Å²) in [5, 5.41) is 11.1. The third kappa shape index (κ3) is 13.5. The topological polar surface area (TPSA) is 215 Å². The molecule has 0 spiro atoms. The molecule has 0 unspecified atom stereocenters. The smallest absolute Gasteiger partial charge is 0.244 e. The molecular formula is C35H63N7O7. The Labute approximate surface area is 292 Å². The second-order valence-electron chi connectivity index (χ2n) is 13.9. The predicted molar refractivity (Wildman–Crippen MR) is 187 cm³/mol. The first kappa shape index (κ1) is 41.9. The number of hydrogen-bond donors (Lipinski definition) is 6. The maximum Gasteiger partial charge on any atom is 0.244 e. The van der Waals surface area contributed by atoms with Gasteiger partial charge in [-0.1, -0.05) is 72.1 Å². The van der Waals surface area contributed by atoms with Crippen LogP contribution in [0, 0.1) is 11.8 Å². The summed E-state index contributed by atoms with van der Waals surface area (Å²) in [5.41, 5.74) is 11.3. The van der Waals surface area contributed by atoms with Gasteiger partial charge in [0.25, 0.3) is 0 Å². The number of likely N-dealkylation sites (N-methyl/N-ethyl adjacent to an activating group) is 1. The number of rotatable bonds is 12. The van der Waals surface area contributed by atoms with Gasteiger partial charge in [-0.05, 0) is 44.9 Å². The molecule has 2 aliphatic rings. The largest absolute Gasteiger partial charge is 0.375 e. The number of nitrogens with zero attached hydrogens (tertiary/aromatic N) is 1. The highest BCUT2D eigenvalue weighted by Gasteiger charge is 2.38. The van der Waals surface area contributed by atoms with E-state index in [4.69, 9.17) is 16.2 Å². The van der Waals surface area contributed by atoms with Crippen LogP contribution in [0.5, 0.6) is 0 Å². The van der Waals surface area contributed by atoms with Crippen LogP contribution in [0.15, 0.2) is 0 Å². The van der Waals surface area contributed by atoms with Crippen LogP contribution < -0.4 is 32.7 Å². The molecule has 0 bridgehead atoms. The first-order chi connectivity index (χ1) is 23.3. The molecule has 0 aromatic heterocycles. The van der Waals surface area contributed by atoms with E-state index >= 15 is 0 Å². The summed E-state index contributed by atoms with van der Waals surface area (Å²) in [6.45, 7) is 7.42. The summed E-state index contributed by atoms with van der Waals surface area (Å²) in [4.78, 5) is 81.8. The van der Waals surface area contributed by atoms with E-state index in [9.17, 15) is 28.8 Å². The second kappa shape index (κ2) is 21.7. The number of nitrogens with one attached hydrogen (secondary N) is 4. The van der Waals surface area contributed by atoms with Gasteiger partial charge in [0.2, 0.25) is 35.4 Å². The van der Waals surface area contributed by atoms with Crippen LogP contribution in [0.25, 0.3) is 0 Å². The highest BCUT2D eigenvalue weighted by molar-refractivity contribution is 5.96. The number of ether oxygens (including phenoxy) is 1. The van der Waals surface area contributed by atoms with Crippen molar-refractivity contribution in [2.24, 2.45) is 23.3 Å². The van der Waals surface area contributed by atoms with Crippen LogP contribution in [0.4, 0.5) is 0 Å². The average Bonchev–Trinajstić information content (AvgIpc) is 3.08. The lowest BCUT2D eigenvalue weighted by atomic mass is 9.83. The molecule has 1 aliphatic carbocycles. The molecular weight excluding hydrogens is 630 g/mol. The van der Waals surface area contributed by atoms with Crippen molar-refractivity contribution in [1.82, 2.24) is 26.2 Å². The van der Waals surface area contributed by atoms with Crippen molar-refractivity contribution in [2.75, 3.05) is 20.2 Å². The monoisotopic (exact) mass is 693 g/mol. The Balaban J connectivity index is 2.53. The van der Waals surface area contributed by atoms with Gasteiger partial charge in [0.1, 0.15) is 24.2 Å². The molecule has 1 heterocycles. The van der Waals surface area contributed by atoms with Crippen LogP contribution in [-0.2, 0) is 33.5 Å². The van der Waals surface area contributed by atoms with Crippen molar-refractivity contribution in [3.63, 3.8) is 0 Å². The van der Waals surface area contributed by atoms with Crippen LogP contribution in [-0.4, -0.2) is 96.9 Å². The molecule has 8 N–H and O–H groups in total. The second-order valence-corrected chi connectivity index (χ2v) is 13.9. The van der Waals surface area contributed by atoms with E-state index in [1.54, 1.807) is 20.9 Å². The minimum atomic E-state index is -1.22. The fraction of sp³-hybridized carbons (Fsp3) is 0.829. The zero-order valence-corrected chi connectivity index (χ0v) is 30.4. The first-order valence-electron chi connectivity index (χ1n) is 18.4. The molecule has 0 aromatic carbocycles. The molecule has 280 valence electrons. The molecule has 1 saturated heterocycles. The third-order valence-electron chi connectivity index (χ3n) is 9.80. The minimum absolute atomic E-state index is 0.0663. The lowest BCUT2D eigenvalue weighted by molar-refractivity contribution is -0.147. The van der Waals surface area contributed by atoms with Gasteiger partial charge in [0.05, 0.1) is 18.6 Å². The van der Waals surface area contributed by atoms with Crippen molar-refractivity contribution < 1.29 is 33.5 Å². The van der Waals surface area contributed by atoms with Crippen molar-refractivity contribution in [2.45, 2.75) is 154 Å². The molecule has 14 heteroatoms. The molecule has 49 heavy (non-hydrogen) atoms. The average molecular weight is 694 g/mol. The van der Waals surface area contributed by atoms with Gasteiger partial charge < -0.3 is 42.4 Å². The number of carbonyl (C=O) groups is 6. The van der Waals surface area contributed by atoms with Crippen molar-refractivity contribution in [1.29, 1.82) is 0 Å². The molecule has 14 nitrogen and oxygen atoms in total. The van der Waals surface area contributed by atoms with Gasteiger partial charge in [-0.3, -0.25) is 28.8 Å². The fourth-order valence-corrected chi connectivity index (χ4v) is 6.75. The van der Waals surface area contributed by atoms with E-state index in [1.165, 1.54) is 4.90 Å². The van der Waals surface area contributed by atoms with Gasteiger partial charge >= 0.3 is 0 Å². The van der Waals surface area contributed by atoms with E-state index in [0.29, 0.717) is 32.1 Å². The number of hydrogen-bond acceptors (Lipinski definition) is 8. The summed E-state index contributed by atoms with van der Waals surface area (Å²) in [5.74, 6) is -3.89. The highest BCUT2D eigenvalue weighted by Crippen LogP contribution is 2.27. The van der Waals surface area contributed by atoms with Crippen molar-refractivity contribution in [3.8, 4) is 0 Å². The molecule has 1 saturated carbocycles. The standard InChI is InChI=1S/C35H63N7O7/c1-6-8-9-13-17-28-23(4)35(48)42(5)27(14-7-2)33(46)41-30(24-15-11-10-12-16-24)34(47)40-26(20-36)32(45)39-25(18-19-29(37)43)31(44)38-22(3)21-49-28/h22-28,30H,6-21,36H2,1-5H3,(H2,37,43)(H,38,44)(H,39,45)(H,40,47)(H,41,46)/t22-,23-,25+,26+,27+,28-,30+/m1/s1. The molecule has 6 amide bonds. The van der Waals surface area contributed by atoms with Crippen molar-refractivity contribution >= 4 is 35.4 Å². The zero-order chi connectivity index (χ0) is 36.5. The Morgan fingerprint density at radius 2 is 1.45 bits per heavy atom. The Hall–Kier alpha value is -3.26. The normalized spacial score (nSPS) is 29.1. The van der Waals surface area contributed by atoms with Crippen LogP contribution in [0.1, 0.15) is 118 Å². The quantitative estimate of drug-likeness (QED) is 0.164. The lowest BCUT2D eigenvalue weighted by Gasteiger charge is -2.35. The summed E-state index contributed by atoms with van der Waals surface area (Å²) < 4.78 is 6.31. The van der Waals surface area contributed by atoms with Gasteiger partial charge in [-0.2, -0.15) is 0 Å². The Kier molecular flexibility index (Phi) is 18.6. The Morgan fingerprint density at radius 3 is 2.06 bits per heavy atom. The maximum atomic E-state index is 14.0. The zero-order valence-electron chi connectivity index (χ0n) is 30.4. The fourth-order valence-electron chi connectivity index (χ4n) is 6.75. The lowest BCUT2D eigenvalue weighted by Crippen LogP contribution is -2.61. The van der Waals surface area contributed by atoms with E-state index in [0.717, 1.165) is 44.9 Å². The number of primary amides is 1. The molecule has 7 atom stereocenters. The van der Waals surface area contributed by atoms with Gasteiger partial charge in [-0.15, -0.1) is 0 Å². The molecule has 1 aliphatic heterocycles. The first-order valence-corrected chi connectivity index (χ1v) is 18.4.